The van der Waals surface area contributed by atoms with Gasteiger partial charge in [0.2, 0.25) is 0 Å². The maximum atomic E-state index is 13.0. The van der Waals surface area contributed by atoms with Crippen LogP contribution in [0.5, 0.6) is 0 Å². The van der Waals surface area contributed by atoms with E-state index in [2.05, 4.69) is 10.2 Å². The molecule has 0 amide bonds. The molecule has 0 aromatic carbocycles. The first-order chi connectivity index (χ1) is 10.7. The maximum Gasteiger partial charge on any atom is 0.323 e. The molecule has 3 rings (SSSR count). The van der Waals surface area contributed by atoms with Crippen LogP contribution in [0.2, 0.25) is 0 Å². The lowest BCUT2D eigenvalue weighted by Crippen LogP contribution is -2.50. The Morgan fingerprint density at radius 2 is 2.04 bits per heavy atom. The van der Waals surface area contributed by atoms with Crippen LogP contribution in [0.15, 0.2) is 10.3 Å². The van der Waals surface area contributed by atoms with Gasteiger partial charge in [-0.2, -0.15) is 4.31 Å². The molecule has 10 heteroatoms. The van der Waals surface area contributed by atoms with Crippen molar-refractivity contribution in [2.75, 3.05) is 0 Å². The number of aliphatic carboxylic acids is 1. The molecule has 1 unspecified atom stereocenters. The van der Waals surface area contributed by atoms with E-state index in [0.717, 1.165) is 20.5 Å². The van der Waals surface area contributed by atoms with Crippen molar-refractivity contribution in [3.05, 3.63) is 28.2 Å². The van der Waals surface area contributed by atoms with Crippen LogP contribution >= 0.6 is 11.3 Å². The number of aryl methyl sites for hydroxylation is 3. The van der Waals surface area contributed by atoms with Gasteiger partial charge in [-0.05, 0) is 32.4 Å². The van der Waals surface area contributed by atoms with Gasteiger partial charge in [-0.15, -0.1) is 21.5 Å². The second kappa shape index (κ2) is 5.39. The van der Waals surface area contributed by atoms with Gasteiger partial charge >= 0.3 is 5.97 Å². The van der Waals surface area contributed by atoms with Crippen molar-refractivity contribution in [1.82, 2.24) is 19.1 Å². The van der Waals surface area contributed by atoms with Gasteiger partial charge in [-0.3, -0.25) is 4.79 Å². The summed E-state index contributed by atoms with van der Waals surface area (Å²) in [5.41, 5.74) is 0.625. The van der Waals surface area contributed by atoms with Gasteiger partial charge in [-0.1, -0.05) is 0 Å². The number of sulfonamides is 1. The number of carbonyl (C=O) groups is 1. The molecule has 2 aromatic rings. The smallest absolute Gasteiger partial charge is 0.323 e. The van der Waals surface area contributed by atoms with E-state index in [1.165, 1.54) is 0 Å². The second-order valence-electron chi connectivity index (χ2n) is 5.51. The van der Waals surface area contributed by atoms with Gasteiger partial charge in [0, 0.05) is 4.88 Å². The summed E-state index contributed by atoms with van der Waals surface area (Å²) >= 11 is 1.15. The lowest BCUT2D eigenvalue weighted by Gasteiger charge is -2.32. The largest absolute Gasteiger partial charge is 0.480 e. The number of nitrogens with zero attached hydrogens (tertiary/aromatic N) is 4. The lowest BCUT2D eigenvalue weighted by atomic mass is 10.2. The molecule has 1 aliphatic heterocycles. The van der Waals surface area contributed by atoms with E-state index >= 15 is 0 Å². The van der Waals surface area contributed by atoms with Crippen LogP contribution in [-0.4, -0.2) is 44.6 Å². The molecule has 0 aliphatic carbocycles. The van der Waals surface area contributed by atoms with Crippen molar-refractivity contribution in [1.29, 1.82) is 0 Å². The number of aromatic nitrogens is 3. The summed E-state index contributed by atoms with van der Waals surface area (Å²) < 4.78 is 28.8. The molecule has 0 bridgehead atoms. The zero-order valence-electron chi connectivity index (χ0n) is 12.8. The first-order valence-corrected chi connectivity index (χ1v) is 9.18. The SMILES string of the molecule is Cc1cc(C)c(S(=O)(=O)N2Cc3nnc(C)n3CC2C(=O)O)s1. The summed E-state index contributed by atoms with van der Waals surface area (Å²) in [5, 5.41) is 17.3. The van der Waals surface area contributed by atoms with E-state index < -0.39 is 22.0 Å². The molecule has 1 aliphatic rings. The Kier molecular flexibility index (Phi) is 3.77. The quantitative estimate of drug-likeness (QED) is 0.877. The van der Waals surface area contributed by atoms with Gasteiger partial charge in [0.25, 0.3) is 10.0 Å². The fraction of sp³-hybridized carbons (Fsp3) is 0.462. The average Bonchev–Trinajstić information content (AvgIpc) is 3.00. The monoisotopic (exact) mass is 356 g/mol. The molecule has 0 saturated heterocycles. The minimum absolute atomic E-state index is 0.00609. The van der Waals surface area contributed by atoms with Gasteiger partial charge in [-0.25, -0.2) is 8.42 Å². The van der Waals surface area contributed by atoms with Crippen molar-refractivity contribution in [2.24, 2.45) is 0 Å². The number of hydrogen-bond donors (Lipinski definition) is 1. The molecule has 8 nitrogen and oxygen atoms in total. The predicted octanol–water partition coefficient (Wildman–Crippen LogP) is 0.923. The van der Waals surface area contributed by atoms with Crippen LogP contribution in [0.3, 0.4) is 0 Å². The van der Waals surface area contributed by atoms with Gasteiger partial charge < -0.3 is 9.67 Å². The van der Waals surface area contributed by atoms with Crippen molar-refractivity contribution >= 4 is 27.3 Å². The van der Waals surface area contributed by atoms with Crippen molar-refractivity contribution < 1.29 is 18.3 Å². The predicted molar refractivity (Wildman–Crippen MR) is 82.7 cm³/mol. The lowest BCUT2D eigenvalue weighted by molar-refractivity contribution is -0.142. The molecular weight excluding hydrogens is 340 g/mol. The Bertz CT molecular complexity index is 884. The van der Waals surface area contributed by atoms with Gasteiger partial charge in [0.05, 0.1) is 13.1 Å². The number of rotatable bonds is 3. The van der Waals surface area contributed by atoms with Crippen molar-refractivity contribution in [2.45, 2.75) is 44.1 Å². The third-order valence-electron chi connectivity index (χ3n) is 3.84. The summed E-state index contributed by atoms with van der Waals surface area (Å²) in [6.07, 6.45) is 0. The maximum absolute atomic E-state index is 13.0. The molecule has 124 valence electrons. The number of thiophene rings is 1. The van der Waals surface area contributed by atoms with Crippen LogP contribution in [0.4, 0.5) is 0 Å². The standard InChI is InChI=1S/C13H16N4O4S2/c1-7-4-8(2)22-13(7)23(20,21)17-6-11-15-14-9(3)16(11)5-10(17)12(18)19/h4,10H,5-6H2,1-3H3,(H,18,19). The van der Waals surface area contributed by atoms with Crippen molar-refractivity contribution in [3.63, 3.8) is 0 Å². The van der Waals surface area contributed by atoms with E-state index in [-0.39, 0.29) is 17.3 Å². The minimum atomic E-state index is -3.91. The Morgan fingerprint density at radius 3 is 2.61 bits per heavy atom. The molecule has 23 heavy (non-hydrogen) atoms. The molecule has 0 spiro atoms. The first-order valence-electron chi connectivity index (χ1n) is 6.92. The van der Waals surface area contributed by atoms with E-state index in [1.807, 2.05) is 6.92 Å². The molecule has 0 fully saturated rings. The Balaban J connectivity index is 2.09. The highest BCUT2D eigenvalue weighted by atomic mass is 32.2. The van der Waals surface area contributed by atoms with Crippen molar-refractivity contribution in [3.8, 4) is 0 Å². The highest BCUT2D eigenvalue weighted by Gasteiger charge is 2.42. The number of hydrogen-bond acceptors (Lipinski definition) is 6. The second-order valence-corrected chi connectivity index (χ2v) is 8.85. The van der Waals surface area contributed by atoms with Crippen LogP contribution in [0, 0.1) is 20.8 Å². The number of fused-ring (bicyclic) bond motifs is 1. The summed E-state index contributed by atoms with van der Waals surface area (Å²) in [5.74, 6) is -0.154. The molecule has 2 aromatic heterocycles. The fourth-order valence-electron chi connectivity index (χ4n) is 2.73. The molecule has 3 heterocycles. The van der Waals surface area contributed by atoms with Crippen LogP contribution < -0.4 is 0 Å². The Labute approximate surface area is 137 Å². The van der Waals surface area contributed by atoms with E-state index in [1.54, 1.807) is 24.5 Å². The zero-order chi connectivity index (χ0) is 16.9. The topological polar surface area (TPSA) is 105 Å². The Hall–Kier alpha value is -1.78. The minimum Gasteiger partial charge on any atom is -0.480 e. The zero-order valence-corrected chi connectivity index (χ0v) is 14.5. The first kappa shape index (κ1) is 16.1. The van der Waals surface area contributed by atoms with Gasteiger partial charge in [0.1, 0.15) is 21.9 Å². The molecule has 1 N–H and O–H groups in total. The number of carboxylic acids is 1. The molecular formula is C13H16N4O4S2. The third kappa shape index (κ3) is 2.56. The van der Waals surface area contributed by atoms with E-state index in [4.69, 9.17) is 0 Å². The fourth-order valence-corrected chi connectivity index (χ4v) is 6.04. The average molecular weight is 356 g/mol. The van der Waals surface area contributed by atoms with Gasteiger partial charge in [0.15, 0.2) is 0 Å². The molecule has 1 atom stereocenters. The van der Waals surface area contributed by atoms with Crippen LogP contribution in [0.1, 0.15) is 22.1 Å². The van der Waals surface area contributed by atoms with E-state index in [0.29, 0.717) is 17.2 Å². The highest BCUT2D eigenvalue weighted by molar-refractivity contribution is 7.91. The highest BCUT2D eigenvalue weighted by Crippen LogP contribution is 2.32. The van der Waals surface area contributed by atoms with E-state index in [9.17, 15) is 18.3 Å². The summed E-state index contributed by atoms with van der Waals surface area (Å²) in [6, 6.07) is 0.605. The number of carboxylic acid groups (broad SMARTS) is 1. The molecule has 0 radical (unpaired) electrons. The van der Waals surface area contributed by atoms with Crippen LogP contribution in [0.25, 0.3) is 0 Å². The molecule has 0 saturated carbocycles. The summed E-state index contributed by atoms with van der Waals surface area (Å²) in [4.78, 5) is 12.5. The Morgan fingerprint density at radius 1 is 1.35 bits per heavy atom. The normalized spacial score (nSPS) is 18.8. The van der Waals surface area contributed by atoms with Crippen LogP contribution in [-0.2, 0) is 27.9 Å². The third-order valence-corrected chi connectivity index (χ3v) is 7.46. The summed E-state index contributed by atoms with van der Waals surface area (Å²) in [7, 11) is -3.91. The summed E-state index contributed by atoms with van der Waals surface area (Å²) in [6.45, 7) is 5.15.